The minimum absolute atomic E-state index is 0.0209. The van der Waals surface area contributed by atoms with Crippen LogP contribution in [0.3, 0.4) is 0 Å². The lowest BCUT2D eigenvalue weighted by Gasteiger charge is -2.25. The molecular formula is C12H12O2. The Balaban J connectivity index is 1.98. The average molecular weight is 188 g/mol. The zero-order chi connectivity index (χ0) is 9.76. The fourth-order valence-corrected chi connectivity index (χ4v) is 3.14. The summed E-state index contributed by atoms with van der Waals surface area (Å²) in [6, 6.07) is 10.1. The monoisotopic (exact) mass is 188 g/mol. The molecule has 0 heterocycles. The van der Waals surface area contributed by atoms with E-state index in [-0.39, 0.29) is 11.3 Å². The van der Waals surface area contributed by atoms with E-state index in [0.717, 1.165) is 12.8 Å². The van der Waals surface area contributed by atoms with E-state index in [9.17, 15) is 4.79 Å². The number of carboxylic acid groups (broad SMARTS) is 1. The molecule has 1 aromatic rings. The molecule has 1 N–H and O–H groups in total. The molecule has 0 unspecified atom stereocenters. The third-order valence-corrected chi connectivity index (χ3v) is 3.96. The van der Waals surface area contributed by atoms with Crippen molar-refractivity contribution in [2.45, 2.75) is 18.3 Å². The molecule has 2 saturated carbocycles. The van der Waals surface area contributed by atoms with Crippen LogP contribution in [0.15, 0.2) is 30.3 Å². The molecule has 3 atom stereocenters. The lowest BCUT2D eigenvalue weighted by atomic mass is 9.78. The quantitative estimate of drug-likeness (QED) is 0.771. The Labute approximate surface area is 82.6 Å². The molecule has 0 aromatic heterocycles. The van der Waals surface area contributed by atoms with Crippen LogP contribution in [0.1, 0.15) is 18.4 Å². The summed E-state index contributed by atoms with van der Waals surface area (Å²) < 4.78 is 0. The Hall–Kier alpha value is -1.31. The van der Waals surface area contributed by atoms with Crippen LogP contribution < -0.4 is 0 Å². The maximum atomic E-state index is 11.0. The fourth-order valence-electron chi connectivity index (χ4n) is 3.14. The normalized spacial score (nSPS) is 38.3. The summed E-state index contributed by atoms with van der Waals surface area (Å²) in [5, 5.41) is 9.06. The highest BCUT2D eigenvalue weighted by molar-refractivity contribution is 5.79. The van der Waals surface area contributed by atoms with Gasteiger partial charge in [-0.2, -0.15) is 0 Å². The van der Waals surface area contributed by atoms with Crippen molar-refractivity contribution >= 4 is 5.97 Å². The molecule has 2 aliphatic carbocycles. The van der Waals surface area contributed by atoms with Gasteiger partial charge in [0.05, 0.1) is 5.92 Å². The van der Waals surface area contributed by atoms with Crippen LogP contribution >= 0.6 is 0 Å². The van der Waals surface area contributed by atoms with Gasteiger partial charge in [-0.1, -0.05) is 30.3 Å². The highest BCUT2D eigenvalue weighted by Gasteiger charge is 2.74. The third-order valence-electron chi connectivity index (χ3n) is 3.96. The number of carboxylic acids is 1. The van der Waals surface area contributed by atoms with Gasteiger partial charge in [-0.25, -0.2) is 0 Å². The summed E-state index contributed by atoms with van der Waals surface area (Å²) in [6.07, 6.45) is 2.14. The van der Waals surface area contributed by atoms with Gasteiger partial charge >= 0.3 is 5.97 Å². The Morgan fingerprint density at radius 1 is 1.36 bits per heavy atom. The largest absolute Gasteiger partial charge is 0.481 e. The van der Waals surface area contributed by atoms with Gasteiger partial charge in [0.15, 0.2) is 0 Å². The van der Waals surface area contributed by atoms with E-state index in [1.165, 1.54) is 5.56 Å². The summed E-state index contributed by atoms with van der Waals surface area (Å²) in [6.45, 7) is 0. The molecule has 14 heavy (non-hydrogen) atoms. The summed E-state index contributed by atoms with van der Waals surface area (Å²) in [5.74, 6) is -0.302. The second kappa shape index (κ2) is 2.38. The molecule has 72 valence electrons. The molecule has 0 spiro atoms. The molecule has 1 aromatic carbocycles. The first-order valence-electron chi connectivity index (χ1n) is 5.05. The maximum absolute atomic E-state index is 11.0. The molecule has 0 radical (unpaired) electrons. The number of rotatable bonds is 2. The lowest BCUT2D eigenvalue weighted by Crippen LogP contribution is -2.20. The van der Waals surface area contributed by atoms with E-state index >= 15 is 0 Å². The van der Waals surface area contributed by atoms with E-state index in [2.05, 4.69) is 12.1 Å². The van der Waals surface area contributed by atoms with Crippen molar-refractivity contribution in [2.75, 3.05) is 0 Å². The van der Waals surface area contributed by atoms with Crippen molar-refractivity contribution in [3.63, 3.8) is 0 Å². The first-order valence-corrected chi connectivity index (χ1v) is 5.05. The number of hydrogen-bond donors (Lipinski definition) is 1. The summed E-state index contributed by atoms with van der Waals surface area (Å²) in [7, 11) is 0. The van der Waals surface area contributed by atoms with E-state index < -0.39 is 5.97 Å². The van der Waals surface area contributed by atoms with Crippen LogP contribution in [0.25, 0.3) is 0 Å². The van der Waals surface area contributed by atoms with Crippen molar-refractivity contribution in [3.05, 3.63) is 35.9 Å². The van der Waals surface area contributed by atoms with Crippen LogP contribution in [0.5, 0.6) is 0 Å². The van der Waals surface area contributed by atoms with Gasteiger partial charge in [0.2, 0.25) is 0 Å². The molecule has 0 amide bonds. The predicted molar refractivity (Wildman–Crippen MR) is 52.0 cm³/mol. The molecule has 0 saturated heterocycles. The van der Waals surface area contributed by atoms with Gasteiger partial charge in [-0.05, 0) is 24.3 Å². The van der Waals surface area contributed by atoms with Gasteiger partial charge in [0, 0.05) is 5.41 Å². The zero-order valence-corrected chi connectivity index (χ0v) is 7.81. The number of carbonyl (C=O) groups is 1. The third kappa shape index (κ3) is 0.746. The molecule has 0 bridgehead atoms. The van der Waals surface area contributed by atoms with Crippen molar-refractivity contribution < 1.29 is 9.90 Å². The minimum Gasteiger partial charge on any atom is -0.481 e. The number of benzene rings is 1. The first kappa shape index (κ1) is 8.04. The van der Waals surface area contributed by atoms with Crippen LogP contribution in [0.4, 0.5) is 0 Å². The number of hydrogen-bond acceptors (Lipinski definition) is 1. The summed E-state index contributed by atoms with van der Waals surface area (Å²) >= 11 is 0. The first-order chi connectivity index (χ1) is 6.77. The predicted octanol–water partition coefficient (Wildman–Crippen LogP) is 2.05. The molecule has 2 fully saturated rings. The Kier molecular flexibility index (Phi) is 1.37. The molecule has 2 nitrogen and oxygen atoms in total. The zero-order valence-electron chi connectivity index (χ0n) is 7.81. The van der Waals surface area contributed by atoms with Crippen molar-refractivity contribution in [2.24, 2.45) is 11.8 Å². The van der Waals surface area contributed by atoms with Gasteiger partial charge in [0.25, 0.3) is 0 Å². The van der Waals surface area contributed by atoms with Gasteiger partial charge in [0.1, 0.15) is 0 Å². The lowest BCUT2D eigenvalue weighted by molar-refractivity contribution is -0.139. The minimum atomic E-state index is -0.614. The van der Waals surface area contributed by atoms with Gasteiger partial charge in [-0.3, -0.25) is 4.79 Å². The highest BCUT2D eigenvalue weighted by Crippen LogP contribution is 2.72. The van der Waals surface area contributed by atoms with Crippen molar-refractivity contribution in [1.29, 1.82) is 0 Å². The standard InChI is InChI=1S/C12H12O2/c13-11(14)10-9-6-7-12(9,10)8-4-2-1-3-5-8/h1-5,9-10H,6-7H2,(H,13,14)/t9-,10-,12+/m0/s1. The molecule has 0 aliphatic heterocycles. The van der Waals surface area contributed by atoms with Gasteiger partial charge < -0.3 is 5.11 Å². The van der Waals surface area contributed by atoms with E-state index in [1.807, 2.05) is 18.2 Å². The van der Waals surface area contributed by atoms with Crippen LogP contribution in [0, 0.1) is 11.8 Å². The van der Waals surface area contributed by atoms with Gasteiger partial charge in [-0.15, -0.1) is 0 Å². The maximum Gasteiger partial charge on any atom is 0.307 e. The Morgan fingerprint density at radius 2 is 2.07 bits per heavy atom. The molecule has 2 heteroatoms. The smallest absolute Gasteiger partial charge is 0.307 e. The number of aliphatic carboxylic acids is 1. The molecule has 3 rings (SSSR count). The number of fused-ring (bicyclic) bond motifs is 1. The van der Waals surface area contributed by atoms with E-state index in [0.29, 0.717) is 5.92 Å². The molecular weight excluding hydrogens is 176 g/mol. The topological polar surface area (TPSA) is 37.3 Å². The van der Waals surface area contributed by atoms with Crippen molar-refractivity contribution in [1.82, 2.24) is 0 Å². The van der Waals surface area contributed by atoms with Crippen molar-refractivity contribution in [3.8, 4) is 0 Å². The molecule has 2 aliphatic rings. The summed E-state index contributed by atoms with van der Waals surface area (Å²) in [4.78, 5) is 11.0. The average Bonchev–Trinajstić information content (AvgIpc) is 2.65. The highest BCUT2D eigenvalue weighted by atomic mass is 16.4. The second-order valence-corrected chi connectivity index (χ2v) is 4.37. The Bertz CT molecular complexity index is 385. The Morgan fingerprint density at radius 3 is 2.50 bits per heavy atom. The second-order valence-electron chi connectivity index (χ2n) is 4.37. The fraction of sp³-hybridized carbons (Fsp3) is 0.417. The van der Waals surface area contributed by atoms with Crippen LogP contribution in [-0.2, 0) is 10.2 Å². The van der Waals surface area contributed by atoms with E-state index in [4.69, 9.17) is 5.11 Å². The SMILES string of the molecule is O=C(O)[C@@H]1[C@@H]2CC[C@]12c1ccccc1. The van der Waals surface area contributed by atoms with E-state index in [1.54, 1.807) is 0 Å². The summed E-state index contributed by atoms with van der Waals surface area (Å²) in [5.41, 5.74) is 1.25. The van der Waals surface area contributed by atoms with Crippen LogP contribution in [0.2, 0.25) is 0 Å². The van der Waals surface area contributed by atoms with Crippen LogP contribution in [-0.4, -0.2) is 11.1 Å².